The molecular weight excluding hydrogens is 344 g/mol. The van der Waals surface area contributed by atoms with Crippen LogP contribution >= 0.6 is 0 Å². The molecule has 4 aromatic rings. The van der Waals surface area contributed by atoms with E-state index in [9.17, 15) is 8.78 Å². The molecule has 0 radical (unpaired) electrons. The van der Waals surface area contributed by atoms with E-state index in [0.717, 1.165) is 22.6 Å². The number of imidazole rings is 1. The number of hydrogen-bond acceptors (Lipinski definition) is 6. The van der Waals surface area contributed by atoms with Crippen molar-refractivity contribution in [1.29, 1.82) is 0 Å². The first-order valence-corrected chi connectivity index (χ1v) is 8.05. The maximum atomic E-state index is 12.8. The third-order valence-electron chi connectivity index (χ3n) is 4.46. The van der Waals surface area contributed by atoms with Gasteiger partial charge in [0.05, 0.1) is 23.2 Å². The second-order valence-electron chi connectivity index (χ2n) is 5.98. The molecule has 1 aliphatic heterocycles. The maximum absolute atomic E-state index is 12.8. The van der Waals surface area contributed by atoms with Crippen molar-refractivity contribution in [2.75, 3.05) is 11.4 Å². The Labute approximate surface area is 145 Å². The fraction of sp³-hybridized carbons (Fsp3) is 0.250. The predicted molar refractivity (Wildman–Crippen MR) is 85.9 cm³/mol. The zero-order chi connectivity index (χ0) is 17.7. The Morgan fingerprint density at radius 1 is 1.27 bits per heavy atom. The number of H-pyrrole nitrogens is 1. The van der Waals surface area contributed by atoms with E-state index in [4.69, 9.17) is 4.42 Å². The van der Waals surface area contributed by atoms with Crippen LogP contribution < -0.4 is 4.90 Å². The van der Waals surface area contributed by atoms with Crippen molar-refractivity contribution in [3.63, 3.8) is 0 Å². The zero-order valence-electron chi connectivity index (χ0n) is 13.4. The fourth-order valence-corrected chi connectivity index (χ4v) is 3.30. The van der Waals surface area contributed by atoms with Gasteiger partial charge in [-0.2, -0.15) is 13.9 Å². The molecule has 1 aliphatic rings. The lowest BCUT2D eigenvalue weighted by Crippen LogP contribution is -2.36. The molecule has 0 amide bonds. The van der Waals surface area contributed by atoms with Crippen molar-refractivity contribution in [3.8, 4) is 0 Å². The van der Waals surface area contributed by atoms with E-state index in [1.807, 2.05) is 30.5 Å². The fourth-order valence-electron chi connectivity index (χ4n) is 3.30. The number of alkyl halides is 2. The smallest absolute Gasteiger partial charge is 0.319 e. The van der Waals surface area contributed by atoms with Crippen LogP contribution in [0.4, 0.5) is 14.8 Å². The third-order valence-corrected chi connectivity index (χ3v) is 4.46. The van der Waals surface area contributed by atoms with Crippen molar-refractivity contribution >= 4 is 11.5 Å². The summed E-state index contributed by atoms with van der Waals surface area (Å²) in [5.74, 6) is -0.693. The Bertz CT molecular complexity index is 1040. The standard InChI is InChI=1S/C16H13F2N7O/c17-14(18)15-21-22-16(26-15)24-6-4-10-12(20-8-19-10)13(24)11-7-9-3-1-2-5-25(9)23-11/h1-3,5,7-8,13-14H,4,6H2,(H,19,20)/t13-/m1/s1. The van der Waals surface area contributed by atoms with Gasteiger partial charge in [0, 0.05) is 24.9 Å². The van der Waals surface area contributed by atoms with Gasteiger partial charge in [0.25, 0.3) is 5.89 Å². The zero-order valence-corrected chi connectivity index (χ0v) is 13.4. The SMILES string of the molecule is FC(F)c1nnc(N2CCc3[nH]cnc3[C@H]2c2cc3ccccn3n2)o1. The molecule has 1 atom stereocenters. The summed E-state index contributed by atoms with van der Waals surface area (Å²) in [5, 5.41) is 11.9. The molecule has 10 heteroatoms. The van der Waals surface area contributed by atoms with Gasteiger partial charge < -0.3 is 14.3 Å². The molecule has 0 aromatic carbocycles. The molecule has 132 valence electrons. The van der Waals surface area contributed by atoms with E-state index in [2.05, 4.69) is 25.3 Å². The Morgan fingerprint density at radius 3 is 3.00 bits per heavy atom. The van der Waals surface area contributed by atoms with Crippen molar-refractivity contribution in [2.45, 2.75) is 18.9 Å². The number of nitrogens with zero attached hydrogens (tertiary/aromatic N) is 6. The van der Waals surface area contributed by atoms with Crippen LogP contribution in [0.1, 0.15) is 35.4 Å². The minimum Gasteiger partial charge on any atom is -0.402 e. The molecule has 4 aromatic heterocycles. The van der Waals surface area contributed by atoms with Gasteiger partial charge in [-0.1, -0.05) is 11.2 Å². The highest BCUT2D eigenvalue weighted by molar-refractivity contribution is 5.51. The number of hydrogen-bond donors (Lipinski definition) is 1. The van der Waals surface area contributed by atoms with E-state index in [0.29, 0.717) is 13.0 Å². The van der Waals surface area contributed by atoms with E-state index >= 15 is 0 Å². The predicted octanol–water partition coefficient (Wildman–Crippen LogP) is 2.53. The molecule has 26 heavy (non-hydrogen) atoms. The van der Waals surface area contributed by atoms with Crippen molar-refractivity contribution in [3.05, 3.63) is 59.8 Å². The number of pyridine rings is 1. The average molecular weight is 357 g/mol. The summed E-state index contributed by atoms with van der Waals surface area (Å²) in [5.41, 5.74) is 3.40. The van der Waals surface area contributed by atoms with Crippen LogP contribution in [-0.4, -0.2) is 36.3 Å². The molecule has 5 rings (SSSR count). The van der Waals surface area contributed by atoms with E-state index in [-0.39, 0.29) is 6.01 Å². The minimum absolute atomic E-state index is 0.0380. The Hall–Kier alpha value is -3.30. The van der Waals surface area contributed by atoms with Gasteiger partial charge in [0.15, 0.2) is 0 Å². The quantitative estimate of drug-likeness (QED) is 0.606. The molecule has 0 fully saturated rings. The van der Waals surface area contributed by atoms with Gasteiger partial charge in [-0.3, -0.25) is 0 Å². The highest BCUT2D eigenvalue weighted by Crippen LogP contribution is 2.36. The normalized spacial score (nSPS) is 17.2. The lowest BCUT2D eigenvalue weighted by atomic mass is 10.0. The molecule has 0 spiro atoms. The summed E-state index contributed by atoms with van der Waals surface area (Å²) in [4.78, 5) is 9.31. The largest absolute Gasteiger partial charge is 0.402 e. The van der Waals surface area contributed by atoms with E-state index < -0.39 is 18.4 Å². The van der Waals surface area contributed by atoms with Crippen LogP contribution in [0.15, 0.2) is 41.2 Å². The highest BCUT2D eigenvalue weighted by Gasteiger charge is 2.36. The summed E-state index contributed by atoms with van der Waals surface area (Å²) in [6.45, 7) is 0.513. The molecule has 8 nitrogen and oxygen atoms in total. The van der Waals surface area contributed by atoms with Crippen molar-refractivity contribution < 1.29 is 13.2 Å². The van der Waals surface area contributed by atoms with Crippen LogP contribution in [0.5, 0.6) is 0 Å². The van der Waals surface area contributed by atoms with E-state index in [1.165, 1.54) is 0 Å². The first-order chi connectivity index (χ1) is 12.7. The number of fused-ring (bicyclic) bond motifs is 2. The molecule has 0 aliphatic carbocycles. The highest BCUT2D eigenvalue weighted by atomic mass is 19.3. The minimum atomic E-state index is -2.81. The van der Waals surface area contributed by atoms with Crippen LogP contribution in [0, 0.1) is 0 Å². The molecule has 0 saturated carbocycles. The number of rotatable bonds is 3. The van der Waals surface area contributed by atoms with Crippen LogP contribution in [0.25, 0.3) is 5.52 Å². The first-order valence-electron chi connectivity index (χ1n) is 8.05. The molecule has 0 bridgehead atoms. The van der Waals surface area contributed by atoms with Gasteiger partial charge in [0.1, 0.15) is 6.04 Å². The van der Waals surface area contributed by atoms with Gasteiger partial charge in [0.2, 0.25) is 0 Å². The molecule has 1 N–H and O–H groups in total. The summed E-state index contributed by atoms with van der Waals surface area (Å²) in [7, 11) is 0. The van der Waals surface area contributed by atoms with Gasteiger partial charge >= 0.3 is 12.4 Å². The summed E-state index contributed by atoms with van der Waals surface area (Å²) in [6, 6.07) is 7.32. The molecule has 0 unspecified atom stereocenters. The van der Waals surface area contributed by atoms with Gasteiger partial charge in [-0.25, -0.2) is 9.50 Å². The van der Waals surface area contributed by atoms with Crippen LogP contribution in [-0.2, 0) is 6.42 Å². The molecular formula is C16H13F2N7O. The summed E-state index contributed by atoms with van der Waals surface area (Å²) >= 11 is 0. The van der Waals surface area contributed by atoms with Crippen molar-refractivity contribution in [2.24, 2.45) is 0 Å². The number of nitrogens with one attached hydrogen (secondary N) is 1. The van der Waals surface area contributed by atoms with Gasteiger partial charge in [-0.05, 0) is 18.2 Å². The second-order valence-corrected chi connectivity index (χ2v) is 5.98. The first kappa shape index (κ1) is 15.0. The van der Waals surface area contributed by atoms with E-state index in [1.54, 1.807) is 15.7 Å². The molecule has 5 heterocycles. The average Bonchev–Trinajstić information content (AvgIpc) is 3.37. The van der Waals surface area contributed by atoms with Crippen LogP contribution in [0.3, 0.4) is 0 Å². The maximum Gasteiger partial charge on any atom is 0.319 e. The number of aromatic nitrogens is 6. The Morgan fingerprint density at radius 2 is 2.19 bits per heavy atom. The number of anilines is 1. The monoisotopic (exact) mass is 357 g/mol. The molecule has 0 saturated heterocycles. The lowest BCUT2D eigenvalue weighted by Gasteiger charge is -2.32. The number of halogens is 2. The summed E-state index contributed by atoms with van der Waals surface area (Å²) in [6.07, 6.45) is 1.32. The second kappa shape index (κ2) is 5.61. The van der Waals surface area contributed by atoms with Gasteiger partial charge in [-0.15, -0.1) is 5.10 Å². The third kappa shape index (κ3) is 2.25. The van der Waals surface area contributed by atoms with Crippen LogP contribution in [0.2, 0.25) is 0 Å². The van der Waals surface area contributed by atoms with Crippen molar-refractivity contribution in [1.82, 2.24) is 29.8 Å². The lowest BCUT2D eigenvalue weighted by molar-refractivity contribution is 0.115. The number of aromatic amines is 1. The Kier molecular flexibility index (Phi) is 3.24. The Balaban J connectivity index is 1.63. The topological polar surface area (TPSA) is 88.1 Å². The summed E-state index contributed by atoms with van der Waals surface area (Å²) < 4.78 is 32.6.